The van der Waals surface area contributed by atoms with Gasteiger partial charge in [-0.25, -0.2) is 0 Å². The molecule has 1 aromatic heterocycles. The van der Waals surface area contributed by atoms with Crippen LogP contribution < -0.4 is 5.32 Å². The quantitative estimate of drug-likeness (QED) is 0.924. The average molecular weight is 294 g/mol. The molecule has 1 aliphatic heterocycles. The van der Waals surface area contributed by atoms with E-state index in [1.165, 1.54) is 4.88 Å². The molecule has 0 radical (unpaired) electrons. The van der Waals surface area contributed by atoms with Crippen LogP contribution in [-0.2, 0) is 16.0 Å². The van der Waals surface area contributed by atoms with Gasteiger partial charge in [-0.2, -0.15) is 0 Å². The molecule has 1 N–H and O–H groups in total. The van der Waals surface area contributed by atoms with E-state index in [9.17, 15) is 9.59 Å². The largest absolute Gasteiger partial charge is 0.342 e. The van der Waals surface area contributed by atoms with Gasteiger partial charge >= 0.3 is 0 Å². The summed E-state index contributed by atoms with van der Waals surface area (Å²) in [4.78, 5) is 27.7. The lowest BCUT2D eigenvalue weighted by molar-refractivity contribution is -0.152. The molecule has 20 heavy (non-hydrogen) atoms. The van der Waals surface area contributed by atoms with Gasteiger partial charge in [0.25, 0.3) is 0 Å². The molecule has 2 heterocycles. The molecule has 3 atom stereocenters. The highest BCUT2D eigenvalue weighted by atomic mass is 32.1. The molecule has 1 aromatic rings. The van der Waals surface area contributed by atoms with Crippen LogP contribution in [-0.4, -0.2) is 34.8 Å². The monoisotopic (exact) mass is 294 g/mol. The number of piperazine rings is 1. The Kier molecular flexibility index (Phi) is 4.48. The first kappa shape index (κ1) is 15.0. The molecule has 1 aliphatic rings. The number of amides is 2. The molecule has 3 unspecified atom stereocenters. The van der Waals surface area contributed by atoms with Gasteiger partial charge in [-0.05, 0) is 31.2 Å². The Hall–Kier alpha value is -1.36. The van der Waals surface area contributed by atoms with E-state index in [-0.39, 0.29) is 23.8 Å². The third kappa shape index (κ3) is 2.87. The van der Waals surface area contributed by atoms with E-state index in [2.05, 4.69) is 11.4 Å². The fourth-order valence-electron chi connectivity index (χ4n) is 2.68. The maximum Gasteiger partial charge on any atom is 0.246 e. The van der Waals surface area contributed by atoms with Crippen molar-refractivity contribution < 1.29 is 9.59 Å². The highest BCUT2D eigenvalue weighted by Gasteiger charge is 2.41. The Labute approximate surface area is 124 Å². The molecule has 4 nitrogen and oxygen atoms in total. The minimum absolute atomic E-state index is 0.0310. The number of nitrogens with one attached hydrogen (secondary N) is 1. The van der Waals surface area contributed by atoms with E-state index < -0.39 is 12.1 Å². The number of nitrogens with zero attached hydrogens (tertiary/aromatic N) is 1. The second kappa shape index (κ2) is 5.95. The number of hydrogen-bond acceptors (Lipinski definition) is 3. The van der Waals surface area contributed by atoms with Gasteiger partial charge < -0.3 is 10.2 Å². The first-order valence-electron chi connectivity index (χ1n) is 7.06. The van der Waals surface area contributed by atoms with Crippen LogP contribution in [0.3, 0.4) is 0 Å². The van der Waals surface area contributed by atoms with Gasteiger partial charge in [0, 0.05) is 17.3 Å². The number of hydrogen-bond donors (Lipinski definition) is 1. The molecule has 0 bridgehead atoms. The maximum absolute atomic E-state index is 12.6. The lowest BCUT2D eigenvalue weighted by Crippen LogP contribution is -2.66. The predicted octanol–water partition coefficient (Wildman–Crippen LogP) is 2.05. The molecule has 2 rings (SSSR count). The van der Waals surface area contributed by atoms with Crippen LogP contribution in [0.4, 0.5) is 0 Å². The Morgan fingerprint density at radius 2 is 2.05 bits per heavy atom. The van der Waals surface area contributed by atoms with Gasteiger partial charge in [0.2, 0.25) is 11.8 Å². The summed E-state index contributed by atoms with van der Waals surface area (Å²) < 4.78 is 0. The first-order chi connectivity index (χ1) is 9.41. The van der Waals surface area contributed by atoms with E-state index in [0.717, 1.165) is 6.42 Å². The van der Waals surface area contributed by atoms with Crippen molar-refractivity contribution in [2.75, 3.05) is 0 Å². The van der Waals surface area contributed by atoms with E-state index >= 15 is 0 Å². The first-order valence-corrected chi connectivity index (χ1v) is 7.94. The van der Waals surface area contributed by atoms with Crippen molar-refractivity contribution >= 4 is 23.2 Å². The van der Waals surface area contributed by atoms with Crippen LogP contribution >= 0.6 is 11.3 Å². The zero-order chi connectivity index (χ0) is 14.9. The third-order valence-electron chi connectivity index (χ3n) is 3.83. The molecule has 0 saturated carbocycles. The summed E-state index contributed by atoms with van der Waals surface area (Å²) in [6.45, 7) is 7.74. The summed E-state index contributed by atoms with van der Waals surface area (Å²) in [5.74, 6) is 0.0906. The second-order valence-electron chi connectivity index (χ2n) is 5.78. The fourth-order valence-corrected chi connectivity index (χ4v) is 3.51. The molecule has 0 spiro atoms. The van der Waals surface area contributed by atoms with Crippen molar-refractivity contribution in [3.8, 4) is 0 Å². The highest BCUT2D eigenvalue weighted by Crippen LogP contribution is 2.21. The lowest BCUT2D eigenvalue weighted by atomic mass is 9.96. The molecular formula is C15H22N2O2S. The van der Waals surface area contributed by atoms with Crippen molar-refractivity contribution in [1.29, 1.82) is 0 Å². The Morgan fingerprint density at radius 1 is 1.35 bits per heavy atom. The predicted molar refractivity (Wildman–Crippen MR) is 80.6 cm³/mol. The lowest BCUT2D eigenvalue weighted by Gasteiger charge is -2.42. The maximum atomic E-state index is 12.6. The summed E-state index contributed by atoms with van der Waals surface area (Å²) in [5, 5.41) is 4.87. The molecular weight excluding hydrogens is 272 g/mol. The normalized spacial score (nSPS) is 24.9. The van der Waals surface area contributed by atoms with Gasteiger partial charge in [-0.15, -0.1) is 11.3 Å². The van der Waals surface area contributed by atoms with Gasteiger partial charge in [-0.3, -0.25) is 9.59 Å². The number of carbonyl (C=O) groups excluding carboxylic acids is 2. The average Bonchev–Trinajstić information content (AvgIpc) is 2.86. The summed E-state index contributed by atoms with van der Waals surface area (Å²) in [6, 6.07) is 3.32. The van der Waals surface area contributed by atoms with Crippen molar-refractivity contribution in [3.63, 3.8) is 0 Å². The van der Waals surface area contributed by atoms with Crippen LogP contribution in [0, 0.1) is 5.92 Å². The van der Waals surface area contributed by atoms with Crippen LogP contribution in [0.15, 0.2) is 17.5 Å². The third-order valence-corrected chi connectivity index (χ3v) is 4.73. The van der Waals surface area contributed by atoms with Crippen LogP contribution in [0.25, 0.3) is 0 Å². The molecule has 1 saturated heterocycles. The van der Waals surface area contributed by atoms with Crippen molar-refractivity contribution in [1.82, 2.24) is 10.2 Å². The fraction of sp³-hybridized carbons (Fsp3) is 0.600. The minimum atomic E-state index is -0.399. The zero-order valence-electron chi connectivity index (χ0n) is 12.4. The molecule has 0 aliphatic carbocycles. The van der Waals surface area contributed by atoms with Gasteiger partial charge in [0.1, 0.15) is 12.1 Å². The SMILES string of the molecule is CC(C)C1NC(=O)C(C)N(C(C)Cc2cccs2)C1=O. The minimum Gasteiger partial charge on any atom is -0.342 e. The van der Waals surface area contributed by atoms with E-state index in [0.29, 0.717) is 0 Å². The Bertz CT molecular complexity index is 484. The zero-order valence-corrected chi connectivity index (χ0v) is 13.2. The van der Waals surface area contributed by atoms with Crippen molar-refractivity contribution in [2.45, 2.75) is 52.2 Å². The summed E-state index contributed by atoms with van der Waals surface area (Å²) in [6.07, 6.45) is 0.797. The number of rotatable bonds is 4. The molecule has 2 amide bonds. The van der Waals surface area contributed by atoms with E-state index in [1.807, 2.05) is 32.2 Å². The van der Waals surface area contributed by atoms with E-state index in [1.54, 1.807) is 23.2 Å². The molecule has 110 valence electrons. The van der Waals surface area contributed by atoms with Gasteiger partial charge in [0.15, 0.2) is 0 Å². The van der Waals surface area contributed by atoms with Gasteiger partial charge in [-0.1, -0.05) is 19.9 Å². The van der Waals surface area contributed by atoms with Crippen molar-refractivity contribution in [3.05, 3.63) is 22.4 Å². The highest BCUT2D eigenvalue weighted by molar-refractivity contribution is 7.09. The van der Waals surface area contributed by atoms with Crippen LogP contribution in [0.5, 0.6) is 0 Å². The van der Waals surface area contributed by atoms with Gasteiger partial charge in [0.05, 0.1) is 0 Å². The standard InChI is InChI=1S/C15H22N2O2S/c1-9(2)13-15(19)17(11(4)14(18)16-13)10(3)8-12-6-5-7-20-12/h5-7,9-11,13H,8H2,1-4H3,(H,16,18). The Morgan fingerprint density at radius 3 is 2.60 bits per heavy atom. The summed E-state index contributed by atoms with van der Waals surface area (Å²) in [5.41, 5.74) is 0. The number of thiophene rings is 1. The number of carbonyl (C=O) groups is 2. The topological polar surface area (TPSA) is 49.4 Å². The summed E-state index contributed by atoms with van der Waals surface area (Å²) >= 11 is 1.69. The molecule has 0 aromatic carbocycles. The smallest absolute Gasteiger partial charge is 0.246 e. The Balaban J connectivity index is 2.17. The molecule has 1 fully saturated rings. The van der Waals surface area contributed by atoms with Crippen LogP contribution in [0.2, 0.25) is 0 Å². The van der Waals surface area contributed by atoms with Crippen molar-refractivity contribution in [2.24, 2.45) is 5.92 Å². The van der Waals surface area contributed by atoms with E-state index in [4.69, 9.17) is 0 Å². The van der Waals surface area contributed by atoms with Crippen LogP contribution in [0.1, 0.15) is 32.6 Å². The second-order valence-corrected chi connectivity index (χ2v) is 6.82. The molecule has 5 heteroatoms. The summed E-state index contributed by atoms with van der Waals surface area (Å²) in [7, 11) is 0.